The van der Waals surface area contributed by atoms with E-state index in [1.54, 1.807) is 24.3 Å². The molecule has 0 bridgehead atoms. The van der Waals surface area contributed by atoms with Crippen LogP contribution < -0.4 is 10.2 Å². The maximum Gasteiger partial charge on any atom is 0.246 e. The molecule has 1 aliphatic heterocycles. The maximum atomic E-state index is 12.3. The highest BCUT2D eigenvalue weighted by atomic mass is 16.5. The Morgan fingerprint density at radius 3 is 3.00 bits per heavy atom. The molecule has 5 heteroatoms. The molecule has 1 saturated heterocycles. The molecule has 5 nitrogen and oxygen atoms in total. The van der Waals surface area contributed by atoms with Gasteiger partial charge in [-0.05, 0) is 26.1 Å². The summed E-state index contributed by atoms with van der Waals surface area (Å²) in [6.07, 6.45) is 3.40. The lowest BCUT2D eigenvalue weighted by molar-refractivity contribution is -0.120. The Morgan fingerprint density at radius 1 is 1.53 bits per heavy atom. The number of hydrogen-bond donors (Lipinski definition) is 1. The lowest BCUT2D eigenvalue weighted by Gasteiger charge is -2.28. The predicted molar refractivity (Wildman–Crippen MR) is 64.9 cm³/mol. The third-order valence-electron chi connectivity index (χ3n) is 2.89. The Balaban J connectivity index is 2.31. The summed E-state index contributed by atoms with van der Waals surface area (Å²) in [5.74, 6) is 0.0329. The summed E-state index contributed by atoms with van der Waals surface area (Å²) >= 11 is 0. The number of aromatic nitrogens is 1. The van der Waals surface area contributed by atoms with Crippen LogP contribution in [0.25, 0.3) is 0 Å². The second-order valence-corrected chi connectivity index (χ2v) is 4.15. The lowest BCUT2D eigenvalue weighted by Crippen LogP contribution is -2.48. The van der Waals surface area contributed by atoms with Crippen LogP contribution in [0, 0.1) is 0 Å². The Labute approximate surface area is 101 Å². The van der Waals surface area contributed by atoms with Gasteiger partial charge in [-0.25, -0.2) is 0 Å². The first kappa shape index (κ1) is 12.0. The molecule has 1 fully saturated rings. The minimum atomic E-state index is -0.292. The Bertz CT molecular complexity index is 383. The van der Waals surface area contributed by atoms with Gasteiger partial charge in [0.1, 0.15) is 6.04 Å². The van der Waals surface area contributed by atoms with Crippen molar-refractivity contribution in [2.24, 2.45) is 0 Å². The molecular formula is C12H17N3O2. The Hall–Kier alpha value is -1.46. The molecule has 0 aromatic carbocycles. The fourth-order valence-corrected chi connectivity index (χ4v) is 1.97. The van der Waals surface area contributed by atoms with Crippen molar-refractivity contribution in [3.8, 4) is 0 Å². The number of carbonyl (C=O) groups excluding carboxylic acids is 1. The summed E-state index contributed by atoms with van der Waals surface area (Å²) < 4.78 is 5.49. The van der Waals surface area contributed by atoms with Gasteiger partial charge >= 0.3 is 0 Å². The number of nitrogens with one attached hydrogen (secondary N) is 1. The van der Waals surface area contributed by atoms with Crippen LogP contribution in [0.1, 0.15) is 6.92 Å². The van der Waals surface area contributed by atoms with Gasteiger partial charge in [0.25, 0.3) is 0 Å². The molecule has 1 aromatic rings. The molecule has 2 atom stereocenters. The average molecular weight is 235 g/mol. The SMILES string of the molecule is CNC1COCC(C)N(c2cccnc2)C1=O. The molecule has 1 aliphatic rings. The molecule has 1 aromatic heterocycles. The highest BCUT2D eigenvalue weighted by Crippen LogP contribution is 2.19. The van der Waals surface area contributed by atoms with Gasteiger partial charge in [-0.2, -0.15) is 0 Å². The van der Waals surface area contributed by atoms with Crippen LogP contribution in [0.5, 0.6) is 0 Å². The smallest absolute Gasteiger partial charge is 0.246 e. The number of anilines is 1. The van der Waals surface area contributed by atoms with E-state index in [0.717, 1.165) is 5.69 Å². The third-order valence-corrected chi connectivity index (χ3v) is 2.89. The molecule has 2 rings (SSSR count). The van der Waals surface area contributed by atoms with Gasteiger partial charge in [-0.15, -0.1) is 0 Å². The first-order valence-corrected chi connectivity index (χ1v) is 5.72. The van der Waals surface area contributed by atoms with E-state index in [1.165, 1.54) is 0 Å². The summed E-state index contributed by atoms with van der Waals surface area (Å²) in [6, 6.07) is 3.44. The van der Waals surface area contributed by atoms with Crippen molar-refractivity contribution in [2.45, 2.75) is 19.0 Å². The van der Waals surface area contributed by atoms with E-state index in [2.05, 4.69) is 10.3 Å². The van der Waals surface area contributed by atoms with Crippen molar-refractivity contribution in [1.82, 2.24) is 10.3 Å². The molecule has 2 heterocycles. The van der Waals surface area contributed by atoms with Crippen LogP contribution in [0.15, 0.2) is 24.5 Å². The maximum absolute atomic E-state index is 12.3. The van der Waals surface area contributed by atoms with Crippen molar-refractivity contribution in [1.29, 1.82) is 0 Å². The number of ether oxygens (including phenoxy) is 1. The highest BCUT2D eigenvalue weighted by molar-refractivity contribution is 5.97. The largest absolute Gasteiger partial charge is 0.377 e. The molecule has 0 spiro atoms. The first-order valence-electron chi connectivity index (χ1n) is 5.72. The van der Waals surface area contributed by atoms with Crippen molar-refractivity contribution >= 4 is 11.6 Å². The van der Waals surface area contributed by atoms with E-state index in [-0.39, 0.29) is 18.0 Å². The second-order valence-electron chi connectivity index (χ2n) is 4.15. The second kappa shape index (κ2) is 5.25. The van der Waals surface area contributed by atoms with Gasteiger partial charge in [0.15, 0.2) is 0 Å². The van der Waals surface area contributed by atoms with E-state index < -0.39 is 0 Å². The number of nitrogens with zero attached hydrogens (tertiary/aromatic N) is 2. The molecule has 2 unspecified atom stereocenters. The van der Waals surface area contributed by atoms with Crippen LogP contribution in [-0.2, 0) is 9.53 Å². The number of amides is 1. The van der Waals surface area contributed by atoms with E-state index >= 15 is 0 Å². The highest BCUT2D eigenvalue weighted by Gasteiger charge is 2.31. The van der Waals surface area contributed by atoms with Crippen LogP contribution in [0.3, 0.4) is 0 Å². The topological polar surface area (TPSA) is 54.5 Å². The van der Waals surface area contributed by atoms with Crippen LogP contribution in [-0.4, -0.2) is 43.2 Å². The number of pyridine rings is 1. The standard InChI is InChI=1S/C12H17N3O2/c1-9-7-17-8-11(13-2)12(16)15(9)10-4-3-5-14-6-10/h3-6,9,11,13H,7-8H2,1-2H3. The van der Waals surface area contributed by atoms with Crippen LogP contribution in [0.4, 0.5) is 5.69 Å². The number of rotatable bonds is 2. The summed E-state index contributed by atoms with van der Waals surface area (Å²) in [4.78, 5) is 18.1. The van der Waals surface area contributed by atoms with Crippen molar-refractivity contribution in [2.75, 3.05) is 25.2 Å². The predicted octanol–water partition coefficient (Wildman–Crippen LogP) is 0.421. The quantitative estimate of drug-likeness (QED) is 0.807. The molecule has 0 aliphatic carbocycles. The van der Waals surface area contributed by atoms with E-state index in [1.807, 2.05) is 19.1 Å². The average Bonchev–Trinajstić information content (AvgIpc) is 2.49. The van der Waals surface area contributed by atoms with E-state index in [0.29, 0.717) is 13.2 Å². The lowest BCUT2D eigenvalue weighted by atomic mass is 10.2. The number of hydrogen-bond acceptors (Lipinski definition) is 4. The Kier molecular flexibility index (Phi) is 3.71. The summed E-state index contributed by atoms with van der Waals surface area (Å²) in [5.41, 5.74) is 0.816. The molecule has 1 amide bonds. The zero-order valence-electron chi connectivity index (χ0n) is 10.1. The molecule has 17 heavy (non-hydrogen) atoms. The number of likely N-dealkylation sites (N-methyl/N-ethyl adjacent to an activating group) is 1. The van der Waals surface area contributed by atoms with Gasteiger partial charge < -0.3 is 15.0 Å². The fourth-order valence-electron chi connectivity index (χ4n) is 1.97. The fraction of sp³-hybridized carbons (Fsp3) is 0.500. The molecule has 0 radical (unpaired) electrons. The van der Waals surface area contributed by atoms with Crippen LogP contribution in [0.2, 0.25) is 0 Å². The van der Waals surface area contributed by atoms with Crippen molar-refractivity contribution in [3.05, 3.63) is 24.5 Å². The third kappa shape index (κ3) is 2.45. The normalized spacial score (nSPS) is 25.8. The Morgan fingerprint density at radius 2 is 2.35 bits per heavy atom. The van der Waals surface area contributed by atoms with Crippen LogP contribution >= 0.6 is 0 Å². The van der Waals surface area contributed by atoms with Gasteiger partial charge in [-0.3, -0.25) is 9.78 Å². The van der Waals surface area contributed by atoms with E-state index in [9.17, 15) is 4.79 Å². The summed E-state index contributed by atoms with van der Waals surface area (Å²) in [5, 5.41) is 2.98. The number of carbonyl (C=O) groups is 1. The summed E-state index contributed by atoms with van der Waals surface area (Å²) in [6.45, 7) is 2.93. The minimum absolute atomic E-state index is 0.0186. The van der Waals surface area contributed by atoms with Crippen molar-refractivity contribution < 1.29 is 9.53 Å². The van der Waals surface area contributed by atoms with Crippen molar-refractivity contribution in [3.63, 3.8) is 0 Å². The van der Waals surface area contributed by atoms with Gasteiger partial charge in [0.2, 0.25) is 5.91 Å². The zero-order valence-corrected chi connectivity index (χ0v) is 10.1. The minimum Gasteiger partial charge on any atom is -0.377 e. The molecule has 92 valence electrons. The molecule has 0 saturated carbocycles. The first-order chi connectivity index (χ1) is 8.24. The van der Waals surface area contributed by atoms with Gasteiger partial charge in [0, 0.05) is 6.20 Å². The molecule has 1 N–H and O–H groups in total. The van der Waals surface area contributed by atoms with Gasteiger partial charge in [0.05, 0.1) is 31.1 Å². The monoisotopic (exact) mass is 235 g/mol. The van der Waals surface area contributed by atoms with Gasteiger partial charge in [-0.1, -0.05) is 0 Å². The summed E-state index contributed by atoms with van der Waals surface area (Å²) in [7, 11) is 1.77. The zero-order chi connectivity index (χ0) is 12.3. The van der Waals surface area contributed by atoms with E-state index in [4.69, 9.17) is 4.74 Å². The molecular weight excluding hydrogens is 218 g/mol.